The zero-order valence-corrected chi connectivity index (χ0v) is 20.1. The smallest absolute Gasteiger partial charge is 0.328 e. The van der Waals surface area contributed by atoms with Crippen LogP contribution in [0.3, 0.4) is 0 Å². The van der Waals surface area contributed by atoms with Crippen LogP contribution < -0.4 is 16.0 Å². The van der Waals surface area contributed by atoms with E-state index in [0.29, 0.717) is 22.6 Å². The van der Waals surface area contributed by atoms with Crippen molar-refractivity contribution in [2.24, 2.45) is 5.92 Å². The molecule has 178 valence electrons. The number of carbonyl (C=O) groups is 3. The molecule has 0 radical (unpaired) electrons. The number of hydrogen-bond acceptors (Lipinski definition) is 7. The number of rotatable bonds is 8. The van der Waals surface area contributed by atoms with Gasteiger partial charge in [-0.3, -0.25) is 4.79 Å². The standard InChI is InChI=1S/C24H26N4O5S/c1-14(2)21(23(30)32-3)27-22(29)20-13-19(28-33-20)15-5-7-16(8-6-15)25-24(31)26-17-9-11-18(34-4)12-10-17/h5-14,21H,1-4H3,(H,27,29)(H2,25,26,31)/t21-/m0/s1. The topological polar surface area (TPSA) is 123 Å². The van der Waals surface area contributed by atoms with Gasteiger partial charge in [0.05, 0.1) is 7.11 Å². The van der Waals surface area contributed by atoms with Crippen LogP contribution in [0.15, 0.2) is 64.0 Å². The molecule has 3 aromatic rings. The van der Waals surface area contributed by atoms with Crippen molar-refractivity contribution in [1.82, 2.24) is 10.5 Å². The van der Waals surface area contributed by atoms with Crippen LogP contribution in [0.5, 0.6) is 0 Å². The number of ether oxygens (including phenoxy) is 1. The Bertz CT molecular complexity index is 1140. The van der Waals surface area contributed by atoms with Crippen LogP contribution in [0.4, 0.5) is 16.2 Å². The molecule has 1 aromatic heterocycles. The lowest BCUT2D eigenvalue weighted by molar-refractivity contribution is -0.144. The van der Waals surface area contributed by atoms with Crippen molar-refractivity contribution in [2.45, 2.75) is 24.8 Å². The molecule has 0 aliphatic carbocycles. The van der Waals surface area contributed by atoms with Gasteiger partial charge in [0.15, 0.2) is 0 Å². The molecule has 0 unspecified atom stereocenters. The lowest BCUT2D eigenvalue weighted by atomic mass is 10.0. The molecule has 1 atom stereocenters. The van der Waals surface area contributed by atoms with Gasteiger partial charge in [0.2, 0.25) is 5.76 Å². The molecule has 0 fully saturated rings. The molecule has 0 saturated heterocycles. The van der Waals surface area contributed by atoms with Crippen molar-refractivity contribution in [3.05, 3.63) is 60.4 Å². The highest BCUT2D eigenvalue weighted by atomic mass is 32.2. The van der Waals surface area contributed by atoms with E-state index in [0.717, 1.165) is 4.90 Å². The number of carbonyl (C=O) groups excluding carboxylic acids is 3. The first-order valence-electron chi connectivity index (χ1n) is 10.5. The highest BCUT2D eigenvalue weighted by molar-refractivity contribution is 7.98. The van der Waals surface area contributed by atoms with Gasteiger partial charge in [-0.1, -0.05) is 31.1 Å². The highest BCUT2D eigenvalue weighted by Crippen LogP contribution is 2.22. The summed E-state index contributed by atoms with van der Waals surface area (Å²) in [6, 6.07) is 14.8. The van der Waals surface area contributed by atoms with Gasteiger partial charge in [-0.15, -0.1) is 11.8 Å². The van der Waals surface area contributed by atoms with Crippen LogP contribution in [-0.2, 0) is 9.53 Å². The minimum absolute atomic E-state index is 0.0291. The number of esters is 1. The molecule has 3 N–H and O–H groups in total. The number of aromatic nitrogens is 1. The first-order chi connectivity index (χ1) is 16.3. The number of thioether (sulfide) groups is 1. The van der Waals surface area contributed by atoms with E-state index in [1.807, 2.05) is 30.5 Å². The summed E-state index contributed by atoms with van der Waals surface area (Å²) in [4.78, 5) is 37.7. The Balaban J connectivity index is 1.61. The number of urea groups is 1. The van der Waals surface area contributed by atoms with Crippen molar-refractivity contribution in [3.8, 4) is 11.3 Å². The molecule has 3 amide bonds. The Morgan fingerprint density at radius 1 is 0.971 bits per heavy atom. The van der Waals surface area contributed by atoms with Gasteiger partial charge in [-0.2, -0.15) is 0 Å². The van der Waals surface area contributed by atoms with E-state index in [2.05, 4.69) is 21.1 Å². The highest BCUT2D eigenvalue weighted by Gasteiger charge is 2.27. The van der Waals surface area contributed by atoms with Crippen LogP contribution in [-0.4, -0.2) is 42.5 Å². The summed E-state index contributed by atoms with van der Waals surface area (Å²) < 4.78 is 9.89. The minimum Gasteiger partial charge on any atom is -0.467 e. The third kappa shape index (κ3) is 6.38. The van der Waals surface area contributed by atoms with E-state index >= 15 is 0 Å². The summed E-state index contributed by atoms with van der Waals surface area (Å²) >= 11 is 1.63. The summed E-state index contributed by atoms with van der Waals surface area (Å²) in [6.45, 7) is 3.59. The summed E-state index contributed by atoms with van der Waals surface area (Å²) in [5.74, 6) is -1.29. The Hall–Kier alpha value is -3.79. The van der Waals surface area contributed by atoms with Crippen LogP contribution in [0, 0.1) is 5.92 Å². The molecule has 0 saturated carbocycles. The van der Waals surface area contributed by atoms with Crippen molar-refractivity contribution in [1.29, 1.82) is 0 Å². The molecule has 0 aliphatic rings. The molecule has 0 aliphatic heterocycles. The molecular formula is C24H26N4O5S. The fourth-order valence-electron chi connectivity index (χ4n) is 3.05. The fraction of sp³-hybridized carbons (Fsp3) is 0.250. The van der Waals surface area contributed by atoms with Crippen molar-refractivity contribution in [2.75, 3.05) is 24.0 Å². The predicted octanol–water partition coefficient (Wildman–Crippen LogP) is 4.63. The number of anilines is 2. The second kappa shape index (κ2) is 11.4. The van der Waals surface area contributed by atoms with E-state index in [-0.39, 0.29) is 17.7 Å². The van der Waals surface area contributed by atoms with E-state index in [1.165, 1.54) is 13.2 Å². The van der Waals surface area contributed by atoms with E-state index in [1.54, 1.807) is 49.9 Å². The number of hydrogen-bond donors (Lipinski definition) is 3. The van der Waals surface area contributed by atoms with Gasteiger partial charge in [0, 0.05) is 27.9 Å². The summed E-state index contributed by atoms with van der Waals surface area (Å²) in [5, 5.41) is 12.1. The molecule has 2 aromatic carbocycles. The normalized spacial score (nSPS) is 11.6. The molecule has 1 heterocycles. The SMILES string of the molecule is COC(=O)[C@@H](NC(=O)c1cc(-c2ccc(NC(=O)Nc3ccc(SC)cc3)cc2)no1)C(C)C. The number of nitrogens with one attached hydrogen (secondary N) is 3. The van der Waals surface area contributed by atoms with Gasteiger partial charge >= 0.3 is 12.0 Å². The minimum atomic E-state index is -0.800. The van der Waals surface area contributed by atoms with E-state index < -0.39 is 17.9 Å². The number of benzene rings is 2. The Kier molecular flexibility index (Phi) is 8.31. The molecule has 3 rings (SSSR count). The molecule has 0 spiro atoms. The van der Waals surface area contributed by atoms with Crippen molar-refractivity contribution >= 4 is 41.0 Å². The Morgan fingerprint density at radius 2 is 1.56 bits per heavy atom. The maximum Gasteiger partial charge on any atom is 0.328 e. The number of nitrogens with zero attached hydrogens (tertiary/aromatic N) is 1. The lowest BCUT2D eigenvalue weighted by Gasteiger charge is -2.18. The van der Waals surface area contributed by atoms with Gasteiger partial charge in [-0.25, -0.2) is 9.59 Å². The van der Waals surface area contributed by atoms with Crippen LogP contribution in [0.25, 0.3) is 11.3 Å². The zero-order valence-electron chi connectivity index (χ0n) is 19.2. The van der Waals surface area contributed by atoms with Crippen molar-refractivity contribution < 1.29 is 23.6 Å². The van der Waals surface area contributed by atoms with Gasteiger partial charge in [0.1, 0.15) is 11.7 Å². The second-order valence-corrected chi connectivity index (χ2v) is 8.56. The Labute approximate surface area is 201 Å². The fourth-order valence-corrected chi connectivity index (χ4v) is 3.46. The summed E-state index contributed by atoms with van der Waals surface area (Å²) in [5.41, 5.74) is 2.40. The van der Waals surface area contributed by atoms with Crippen molar-refractivity contribution in [3.63, 3.8) is 0 Å². The molecule has 9 nitrogen and oxygen atoms in total. The lowest BCUT2D eigenvalue weighted by Crippen LogP contribution is -2.44. The van der Waals surface area contributed by atoms with E-state index in [4.69, 9.17) is 9.26 Å². The maximum atomic E-state index is 12.5. The van der Waals surface area contributed by atoms with Gasteiger partial charge < -0.3 is 25.2 Å². The molecular weight excluding hydrogens is 456 g/mol. The van der Waals surface area contributed by atoms with Crippen LogP contribution >= 0.6 is 11.8 Å². The zero-order chi connectivity index (χ0) is 24.7. The molecule has 10 heteroatoms. The monoisotopic (exact) mass is 482 g/mol. The third-order valence-corrected chi connectivity index (χ3v) is 5.67. The first-order valence-corrected chi connectivity index (χ1v) is 11.7. The average Bonchev–Trinajstić information content (AvgIpc) is 3.33. The van der Waals surface area contributed by atoms with Gasteiger partial charge in [0.25, 0.3) is 5.91 Å². The largest absolute Gasteiger partial charge is 0.467 e. The van der Waals surface area contributed by atoms with Crippen LogP contribution in [0.1, 0.15) is 24.4 Å². The number of methoxy groups -OCH3 is 1. The second-order valence-electron chi connectivity index (χ2n) is 7.68. The predicted molar refractivity (Wildman–Crippen MR) is 131 cm³/mol. The Morgan fingerprint density at radius 3 is 2.09 bits per heavy atom. The van der Waals surface area contributed by atoms with E-state index in [9.17, 15) is 14.4 Å². The average molecular weight is 483 g/mol. The molecule has 34 heavy (non-hydrogen) atoms. The maximum absolute atomic E-state index is 12.5. The quantitative estimate of drug-likeness (QED) is 0.316. The first kappa shape index (κ1) is 24.8. The third-order valence-electron chi connectivity index (χ3n) is 4.93. The van der Waals surface area contributed by atoms with Crippen LogP contribution in [0.2, 0.25) is 0 Å². The summed E-state index contributed by atoms with van der Waals surface area (Å²) in [6.07, 6.45) is 1.99. The molecule has 0 bridgehead atoms. The van der Waals surface area contributed by atoms with Gasteiger partial charge in [-0.05, 0) is 48.6 Å². The number of amides is 3. The summed E-state index contributed by atoms with van der Waals surface area (Å²) in [7, 11) is 1.27.